The maximum atomic E-state index is 11.4. The average molecular weight is 388 g/mol. The van der Waals surface area contributed by atoms with Gasteiger partial charge in [-0.05, 0) is 20.8 Å². The molecule has 0 N–H and O–H groups in total. The Morgan fingerprint density at radius 1 is 1.31 bits per heavy atom. The van der Waals surface area contributed by atoms with Crippen molar-refractivity contribution in [1.29, 1.82) is 0 Å². The summed E-state index contributed by atoms with van der Waals surface area (Å²) in [5, 5.41) is 0. The third-order valence-electron chi connectivity index (χ3n) is 2.29. The molecule has 0 aliphatic carbocycles. The molecule has 0 aromatic rings. The Labute approximate surface area is 108 Å². The van der Waals surface area contributed by atoms with Crippen LogP contribution in [0.15, 0.2) is 0 Å². The molecule has 82 valence electrons. The average Bonchev–Trinajstić information content (AvgIpc) is 2.00. The normalized spacial score (nSPS) is 15.7. The van der Waals surface area contributed by atoms with Gasteiger partial charge in [-0.25, -0.2) is 0 Å². The molecule has 0 heterocycles. The van der Waals surface area contributed by atoms with Crippen molar-refractivity contribution in [2.45, 2.75) is 20.8 Å². The Hall–Kier alpha value is 1.45. The van der Waals surface area contributed by atoms with Crippen LogP contribution in [-0.4, -0.2) is 33.7 Å². The molecule has 0 aromatic heterocycles. The Bertz CT molecular complexity index is 116. The van der Waals surface area contributed by atoms with E-state index in [0.29, 0.717) is 0 Å². The highest BCUT2D eigenvalue weighted by Gasteiger charge is 2.10. The topological polar surface area (TPSA) is 0 Å². The van der Waals surface area contributed by atoms with Crippen LogP contribution in [0.3, 0.4) is 0 Å². The summed E-state index contributed by atoms with van der Waals surface area (Å²) >= 11 is 8.81. The van der Waals surface area contributed by atoms with Crippen LogP contribution in [-0.2, 0) is 0 Å². The number of hydrogen-bond donors (Lipinski definition) is 0. The molecule has 0 bridgehead atoms. The van der Waals surface area contributed by atoms with Gasteiger partial charge < -0.3 is 20.3 Å². The quantitative estimate of drug-likeness (QED) is 0.390. The molecule has 0 rings (SSSR count). The zero-order chi connectivity index (χ0) is 11.1. The van der Waals surface area contributed by atoms with Crippen molar-refractivity contribution in [2.24, 2.45) is 0 Å². The number of quaternary nitrogens is 1. The molecule has 1 nitrogen and oxygen atoms in total. The van der Waals surface area contributed by atoms with Crippen LogP contribution >= 0.6 is 49.6 Å². The van der Waals surface area contributed by atoms with Gasteiger partial charge in [-0.2, -0.15) is 0 Å². The summed E-state index contributed by atoms with van der Waals surface area (Å²) in [7, 11) is 2.29. The molecule has 1 atom stereocenters. The molecule has 0 aromatic carbocycles. The van der Waals surface area contributed by atoms with E-state index in [9.17, 15) is 4.32 Å². The summed E-state index contributed by atoms with van der Waals surface area (Å²) in [5.74, 6) is 0. The zero-order valence-corrected chi connectivity index (χ0v) is 13.2. The highest BCUT2D eigenvalue weighted by atomic mass is 127. The van der Waals surface area contributed by atoms with Crippen LogP contribution in [0.5, 0.6) is 0 Å². The highest BCUT2D eigenvalue weighted by molar-refractivity contribution is 14.1. The van der Waals surface area contributed by atoms with Crippen LogP contribution in [0.25, 0.3) is 0 Å². The zero-order valence-electron chi connectivity index (χ0n) is 8.66. The molecule has 0 saturated heterocycles. The van der Waals surface area contributed by atoms with Crippen molar-refractivity contribution in [2.75, 3.05) is 26.7 Å². The second-order valence-corrected chi connectivity index (χ2v) is 9.62. The molecule has 0 aliphatic heterocycles. The first-order valence-electron chi connectivity index (χ1n) is 4.39. The Morgan fingerprint density at radius 2 is 1.46 bits per heavy atom. The number of halogens is 4. The smallest absolute Gasteiger partial charge is 0.354 e. The number of nitrogens with zero attached hydrogens (tertiary/aromatic N) is 1. The third-order valence-corrected chi connectivity index (χ3v) is 2.29. The second kappa shape index (κ2) is 7.71. The van der Waals surface area contributed by atoms with Crippen molar-refractivity contribution in [3.8, 4) is 0 Å². The molecular formula is C7H18BBrClFIN. The minimum Gasteiger partial charge on any atom is -0.472 e. The Balaban J connectivity index is 0. The summed E-state index contributed by atoms with van der Waals surface area (Å²) in [6.45, 7) is 10.5. The summed E-state index contributed by atoms with van der Waals surface area (Å²) < 4.78 is 10.4. The van der Waals surface area contributed by atoms with Gasteiger partial charge in [0.15, 0.2) is 0 Å². The molecule has 0 spiro atoms. The predicted octanol–water partition coefficient (Wildman–Crippen LogP) is 3.95. The molecule has 6 heteroatoms. The van der Waals surface area contributed by atoms with E-state index in [0.717, 1.165) is 0 Å². The lowest BCUT2D eigenvalue weighted by molar-refractivity contribution is -0.904. The van der Waals surface area contributed by atoms with Crippen LogP contribution < -0.4 is 0 Å². The van der Waals surface area contributed by atoms with Gasteiger partial charge in [-0.15, -0.1) is 0 Å². The predicted molar refractivity (Wildman–Crippen MR) is 73.5 cm³/mol. The van der Waals surface area contributed by atoms with Gasteiger partial charge in [0.05, 0.1) is 26.7 Å². The van der Waals surface area contributed by atoms with Crippen LogP contribution in [0.1, 0.15) is 20.8 Å². The third kappa shape index (κ3) is 16.2. The maximum Gasteiger partial charge on any atom is 0.354 e. The van der Waals surface area contributed by atoms with Crippen LogP contribution in [0.4, 0.5) is 4.32 Å². The largest absolute Gasteiger partial charge is 0.472 e. The monoisotopic (exact) mass is 387 g/mol. The maximum absolute atomic E-state index is 11.4. The van der Waals surface area contributed by atoms with E-state index >= 15 is 0 Å². The highest BCUT2D eigenvalue weighted by Crippen LogP contribution is 2.25. The fourth-order valence-electron chi connectivity index (χ4n) is 0.671. The van der Waals surface area contributed by atoms with E-state index in [2.05, 4.69) is 43.6 Å². The SMILES string of the molecule is CC[N+](C)(CC)CC.F[B-](Cl)(Br)I. The van der Waals surface area contributed by atoms with Gasteiger partial charge in [0.25, 0.3) is 0 Å². The summed E-state index contributed by atoms with van der Waals surface area (Å²) in [5.41, 5.74) is 0. The van der Waals surface area contributed by atoms with Gasteiger partial charge in [0.1, 0.15) is 0 Å². The van der Waals surface area contributed by atoms with Crippen molar-refractivity contribution < 1.29 is 8.80 Å². The second-order valence-electron chi connectivity index (χ2n) is 3.06. The van der Waals surface area contributed by atoms with E-state index < -0.39 is 2.52 Å². The fraction of sp³-hybridized carbons (Fsp3) is 1.00. The van der Waals surface area contributed by atoms with E-state index in [1.807, 2.05) is 0 Å². The lowest BCUT2D eigenvalue weighted by Crippen LogP contribution is -2.42. The fourth-order valence-corrected chi connectivity index (χ4v) is 0.671. The van der Waals surface area contributed by atoms with Crippen molar-refractivity contribution in [3.63, 3.8) is 0 Å². The van der Waals surface area contributed by atoms with Gasteiger partial charge in [-0.3, -0.25) is 38.1 Å². The molecular weight excluding hydrogens is 370 g/mol. The number of rotatable bonds is 3. The van der Waals surface area contributed by atoms with Gasteiger partial charge in [-0.1, -0.05) is 0 Å². The molecule has 0 radical (unpaired) electrons. The van der Waals surface area contributed by atoms with Crippen LogP contribution in [0, 0.1) is 0 Å². The first-order valence-corrected chi connectivity index (χ1v) is 6.99. The summed E-state index contributed by atoms with van der Waals surface area (Å²) in [6.07, 6.45) is 0. The van der Waals surface area contributed by atoms with E-state index in [1.54, 1.807) is 0 Å². The summed E-state index contributed by atoms with van der Waals surface area (Å²) in [6, 6.07) is 0. The van der Waals surface area contributed by atoms with E-state index in [-0.39, 0.29) is 0 Å². The minimum absolute atomic E-state index is 1.21. The molecule has 0 amide bonds. The molecule has 13 heavy (non-hydrogen) atoms. The summed E-state index contributed by atoms with van der Waals surface area (Å²) in [4.78, 5) is 0. The lowest BCUT2D eigenvalue weighted by Gasteiger charge is -2.30. The Kier molecular flexibility index (Phi) is 10.0. The van der Waals surface area contributed by atoms with Gasteiger partial charge in [0, 0.05) is 0 Å². The lowest BCUT2D eigenvalue weighted by atomic mass is 10.4. The van der Waals surface area contributed by atoms with Gasteiger partial charge in [0.2, 0.25) is 0 Å². The molecule has 0 aliphatic rings. The van der Waals surface area contributed by atoms with Crippen LogP contribution in [0.2, 0.25) is 0 Å². The van der Waals surface area contributed by atoms with E-state index in [1.165, 1.54) is 46.5 Å². The first-order chi connectivity index (χ1) is 5.68. The molecule has 1 unspecified atom stereocenters. The number of hydrogen-bond acceptors (Lipinski definition) is 0. The standard InChI is InChI=1S/C7H18N.BBrClFI/c1-5-8(4,6-2)7-3;2-1(3,4)5/h5-7H2,1-4H3;/q+1;-1. The first kappa shape index (κ1) is 16.9. The van der Waals surface area contributed by atoms with Crippen molar-refractivity contribution in [3.05, 3.63) is 0 Å². The van der Waals surface area contributed by atoms with Crippen molar-refractivity contribution >= 4 is 52.1 Å². The van der Waals surface area contributed by atoms with Crippen molar-refractivity contribution in [1.82, 2.24) is 0 Å². The van der Waals surface area contributed by atoms with E-state index in [4.69, 9.17) is 11.5 Å². The molecule has 0 saturated carbocycles. The minimum atomic E-state index is -2.25. The Morgan fingerprint density at radius 3 is 1.46 bits per heavy atom. The van der Waals surface area contributed by atoms with Gasteiger partial charge >= 0.3 is 2.52 Å². The molecule has 0 fully saturated rings.